The van der Waals surface area contributed by atoms with Crippen molar-refractivity contribution >= 4 is 5.97 Å². The van der Waals surface area contributed by atoms with Gasteiger partial charge in [0.2, 0.25) is 0 Å². The number of aromatic hydroxyl groups is 1. The van der Waals surface area contributed by atoms with Gasteiger partial charge in [0.05, 0.1) is 0 Å². The Morgan fingerprint density at radius 2 is 1.39 bits per heavy atom. The number of fused-ring (bicyclic) bond motifs is 2. The summed E-state index contributed by atoms with van der Waals surface area (Å²) in [5.41, 5.74) is 1.57. The first-order chi connectivity index (χ1) is 15.1. The summed E-state index contributed by atoms with van der Waals surface area (Å²) in [6.07, 6.45) is 1.24. The summed E-state index contributed by atoms with van der Waals surface area (Å²) in [4.78, 5) is 11.6. The van der Waals surface area contributed by atoms with Crippen molar-refractivity contribution in [2.24, 2.45) is 0 Å². The number of carboxylic acid groups (broad SMARTS) is 1. The Morgan fingerprint density at radius 3 is 1.91 bits per heavy atom. The number of hydrogen-bond acceptors (Lipinski definition) is 5. The summed E-state index contributed by atoms with van der Waals surface area (Å²) in [5.74, 6) is 0.386. The van der Waals surface area contributed by atoms with Gasteiger partial charge in [-0.2, -0.15) is 0 Å². The van der Waals surface area contributed by atoms with Gasteiger partial charge in [-0.1, -0.05) is 27.7 Å². The number of rotatable bonds is 3. The van der Waals surface area contributed by atoms with Crippen LogP contribution in [0.2, 0.25) is 0 Å². The molecule has 178 valence electrons. The number of carbonyl (C=O) groups is 1. The number of aryl methyl sites for hydroxylation is 2. The molecule has 2 aliphatic rings. The predicted octanol–water partition coefficient (Wildman–Crippen LogP) is 5.77. The van der Waals surface area contributed by atoms with E-state index < -0.39 is 17.4 Å². The number of carboxylic acids is 1. The maximum atomic E-state index is 11.6. The van der Waals surface area contributed by atoms with Crippen LogP contribution in [0.4, 0.5) is 0 Å². The molecule has 33 heavy (non-hydrogen) atoms. The third kappa shape index (κ3) is 3.90. The van der Waals surface area contributed by atoms with Gasteiger partial charge >= 0.3 is 5.97 Å². The molecule has 0 radical (unpaired) electrons. The van der Waals surface area contributed by atoms with Crippen molar-refractivity contribution < 1.29 is 29.2 Å². The van der Waals surface area contributed by atoms with Gasteiger partial charge in [0, 0.05) is 34.8 Å². The number of ether oxygens (including phenoxy) is 3. The van der Waals surface area contributed by atoms with Crippen molar-refractivity contribution in [2.75, 3.05) is 0 Å². The smallest absolute Gasteiger partial charge is 0.347 e. The van der Waals surface area contributed by atoms with Crippen LogP contribution in [0.15, 0.2) is 24.3 Å². The molecule has 0 saturated carbocycles. The van der Waals surface area contributed by atoms with Crippen LogP contribution in [0.25, 0.3) is 0 Å². The summed E-state index contributed by atoms with van der Waals surface area (Å²) in [6.45, 7) is 15.4. The first-order valence-corrected chi connectivity index (χ1v) is 11.3. The van der Waals surface area contributed by atoms with Gasteiger partial charge in [-0.3, -0.25) is 0 Å². The molecule has 0 bridgehead atoms. The zero-order chi connectivity index (χ0) is 24.6. The van der Waals surface area contributed by atoms with Crippen molar-refractivity contribution in [3.05, 3.63) is 46.5 Å². The highest BCUT2D eigenvalue weighted by molar-refractivity contribution is 5.77. The first-order valence-electron chi connectivity index (χ1n) is 11.3. The van der Waals surface area contributed by atoms with Crippen molar-refractivity contribution in [1.82, 2.24) is 0 Å². The Kier molecular flexibility index (Phi) is 4.97. The SMILES string of the molecule is Cc1cc2c(cc1O)C(C)(C)CC1(CC(C)(C)c3cc(OC(C)(C)C(=O)O)c(C)cc3O1)O2. The quantitative estimate of drug-likeness (QED) is 0.613. The average Bonchev–Trinajstić information content (AvgIpc) is 2.63. The van der Waals surface area contributed by atoms with E-state index in [2.05, 4.69) is 27.7 Å². The van der Waals surface area contributed by atoms with Gasteiger partial charge < -0.3 is 24.4 Å². The average molecular weight is 455 g/mol. The van der Waals surface area contributed by atoms with Crippen LogP contribution >= 0.6 is 0 Å². The molecule has 2 aromatic rings. The van der Waals surface area contributed by atoms with Crippen LogP contribution in [-0.2, 0) is 15.6 Å². The summed E-state index contributed by atoms with van der Waals surface area (Å²) in [7, 11) is 0. The van der Waals surface area contributed by atoms with Crippen molar-refractivity contribution in [3.8, 4) is 23.0 Å². The number of hydrogen-bond donors (Lipinski definition) is 2. The highest BCUT2D eigenvalue weighted by Gasteiger charge is 2.53. The second kappa shape index (κ2) is 7.05. The molecule has 0 aliphatic carbocycles. The van der Waals surface area contributed by atoms with E-state index in [9.17, 15) is 15.0 Å². The lowest BCUT2D eigenvalue weighted by molar-refractivity contribution is -0.166. The molecule has 1 atom stereocenters. The zero-order valence-electron chi connectivity index (χ0n) is 20.8. The summed E-state index contributed by atoms with van der Waals surface area (Å²) < 4.78 is 19.1. The highest BCUT2D eigenvalue weighted by atomic mass is 16.7. The molecule has 0 amide bonds. The molecule has 1 spiro atoms. The molecule has 2 aliphatic heterocycles. The van der Waals surface area contributed by atoms with Gasteiger partial charge in [0.25, 0.3) is 5.79 Å². The fraction of sp³-hybridized carbons (Fsp3) is 0.519. The monoisotopic (exact) mass is 454 g/mol. The Bertz CT molecular complexity index is 1140. The van der Waals surface area contributed by atoms with E-state index in [1.54, 1.807) is 19.9 Å². The van der Waals surface area contributed by atoms with Crippen molar-refractivity contribution in [3.63, 3.8) is 0 Å². The molecular weight excluding hydrogens is 420 g/mol. The summed E-state index contributed by atoms with van der Waals surface area (Å²) in [6, 6.07) is 7.51. The van der Waals surface area contributed by atoms with E-state index in [4.69, 9.17) is 14.2 Å². The number of phenolic OH excluding ortho intramolecular Hbond substituents is 1. The van der Waals surface area contributed by atoms with Crippen LogP contribution in [-0.4, -0.2) is 27.6 Å². The minimum atomic E-state index is -1.34. The Balaban J connectivity index is 1.77. The summed E-state index contributed by atoms with van der Waals surface area (Å²) in [5, 5.41) is 19.7. The normalized spacial score (nSPS) is 22.5. The zero-order valence-corrected chi connectivity index (χ0v) is 20.8. The van der Waals surface area contributed by atoms with Gasteiger partial charge in [0.15, 0.2) is 5.60 Å². The van der Waals surface area contributed by atoms with E-state index in [0.717, 1.165) is 33.8 Å². The molecule has 2 N–H and O–H groups in total. The van der Waals surface area contributed by atoms with E-state index in [1.807, 2.05) is 32.0 Å². The molecule has 0 saturated heterocycles. The van der Waals surface area contributed by atoms with Crippen LogP contribution in [0.1, 0.15) is 76.6 Å². The van der Waals surface area contributed by atoms with E-state index in [-0.39, 0.29) is 16.6 Å². The Morgan fingerprint density at radius 1 is 0.909 bits per heavy atom. The lowest BCUT2D eigenvalue weighted by atomic mass is 9.69. The molecule has 0 aromatic heterocycles. The highest BCUT2D eigenvalue weighted by Crippen LogP contribution is 2.55. The minimum absolute atomic E-state index is 0.268. The maximum Gasteiger partial charge on any atom is 0.347 e. The Hall–Kier alpha value is -2.89. The van der Waals surface area contributed by atoms with Crippen LogP contribution in [0.5, 0.6) is 23.0 Å². The molecule has 2 aromatic carbocycles. The van der Waals surface area contributed by atoms with E-state index >= 15 is 0 Å². The predicted molar refractivity (Wildman–Crippen MR) is 126 cm³/mol. The molecular formula is C27H34O6. The number of phenols is 1. The molecule has 1 unspecified atom stereocenters. The Labute approximate surface area is 195 Å². The van der Waals surface area contributed by atoms with Crippen LogP contribution in [0, 0.1) is 13.8 Å². The lowest BCUT2D eigenvalue weighted by Crippen LogP contribution is -2.55. The van der Waals surface area contributed by atoms with E-state index in [0.29, 0.717) is 18.6 Å². The lowest BCUT2D eigenvalue weighted by Gasteiger charge is -2.51. The molecule has 6 heteroatoms. The number of aliphatic carboxylic acids is 1. The second-order valence-electron chi connectivity index (χ2n) is 11.4. The van der Waals surface area contributed by atoms with Crippen molar-refractivity contribution in [1.29, 1.82) is 0 Å². The molecule has 2 heterocycles. The summed E-state index contributed by atoms with van der Waals surface area (Å²) >= 11 is 0. The first kappa shape index (κ1) is 23.3. The third-order valence-corrected chi connectivity index (χ3v) is 6.93. The largest absolute Gasteiger partial charge is 0.508 e. The van der Waals surface area contributed by atoms with Gasteiger partial charge in [-0.15, -0.1) is 0 Å². The van der Waals surface area contributed by atoms with Crippen LogP contribution < -0.4 is 14.2 Å². The molecule has 4 rings (SSSR count). The molecule has 0 fully saturated rings. The van der Waals surface area contributed by atoms with E-state index in [1.165, 1.54) is 0 Å². The third-order valence-electron chi connectivity index (χ3n) is 6.93. The maximum absolute atomic E-state index is 11.6. The van der Waals surface area contributed by atoms with Gasteiger partial charge in [0.1, 0.15) is 23.0 Å². The topological polar surface area (TPSA) is 85.2 Å². The standard InChI is InChI=1S/C27H34O6/c1-15-9-21-17(11-19(15)28)24(3,4)13-27(32-21)14-25(5,6)18-12-20(16(2)10-22(18)33-27)31-26(7,8)23(29)30/h9-12,28H,13-14H2,1-8H3,(H,29,30). The second-order valence-corrected chi connectivity index (χ2v) is 11.4. The number of benzene rings is 2. The fourth-order valence-corrected chi connectivity index (χ4v) is 5.15. The van der Waals surface area contributed by atoms with Gasteiger partial charge in [-0.05, 0) is 63.1 Å². The minimum Gasteiger partial charge on any atom is -0.508 e. The van der Waals surface area contributed by atoms with Crippen LogP contribution in [0.3, 0.4) is 0 Å². The van der Waals surface area contributed by atoms with Crippen molar-refractivity contribution in [2.45, 2.75) is 90.4 Å². The molecule has 6 nitrogen and oxygen atoms in total. The van der Waals surface area contributed by atoms with Gasteiger partial charge in [-0.25, -0.2) is 4.79 Å². The fourth-order valence-electron chi connectivity index (χ4n) is 5.15.